The van der Waals surface area contributed by atoms with Crippen LogP contribution in [-0.2, 0) is 6.54 Å². The number of aryl methyl sites for hydroxylation is 1. The molecule has 0 aliphatic heterocycles. The molecule has 0 unspecified atom stereocenters. The summed E-state index contributed by atoms with van der Waals surface area (Å²) in [4.78, 5) is 2.65. The van der Waals surface area contributed by atoms with Crippen molar-refractivity contribution in [2.24, 2.45) is 0 Å². The zero-order valence-corrected chi connectivity index (χ0v) is 10.5. The predicted octanol–water partition coefficient (Wildman–Crippen LogP) is 2.34. The molecule has 0 spiro atoms. The van der Waals surface area contributed by atoms with Gasteiger partial charge in [0.05, 0.1) is 6.61 Å². The van der Waals surface area contributed by atoms with Gasteiger partial charge in [0, 0.05) is 21.8 Å². The zero-order chi connectivity index (χ0) is 9.90. The van der Waals surface area contributed by atoms with Crippen molar-refractivity contribution < 1.29 is 5.11 Å². The maximum Gasteiger partial charge on any atom is 0.0607 e. The van der Waals surface area contributed by atoms with Gasteiger partial charge in [0.2, 0.25) is 0 Å². The van der Waals surface area contributed by atoms with Gasteiger partial charge in [0.1, 0.15) is 0 Å². The molecule has 1 heterocycles. The van der Waals surface area contributed by atoms with Crippen LogP contribution in [0.5, 0.6) is 0 Å². The summed E-state index contributed by atoms with van der Waals surface area (Å²) in [6, 6.07) is 4.24. The standard InChI is InChI=1S/C10H17NOS.ClH/c1-8-4-5-9(13-8)6-11-10(2,3)7-12;/h4-5,11-12H,6-7H2,1-3H3;1H. The lowest BCUT2D eigenvalue weighted by Gasteiger charge is -2.22. The molecular weight excluding hydrogens is 218 g/mol. The quantitative estimate of drug-likeness (QED) is 0.840. The van der Waals surface area contributed by atoms with Crippen LogP contribution in [0.25, 0.3) is 0 Å². The molecule has 0 aliphatic rings. The fraction of sp³-hybridized carbons (Fsp3) is 0.600. The van der Waals surface area contributed by atoms with Gasteiger partial charge in [-0.25, -0.2) is 0 Å². The lowest BCUT2D eigenvalue weighted by Crippen LogP contribution is -2.41. The number of hydrogen-bond acceptors (Lipinski definition) is 3. The number of aliphatic hydroxyl groups is 1. The topological polar surface area (TPSA) is 32.3 Å². The van der Waals surface area contributed by atoms with Gasteiger partial charge in [-0.2, -0.15) is 0 Å². The second kappa shape index (κ2) is 5.71. The van der Waals surface area contributed by atoms with E-state index in [4.69, 9.17) is 5.11 Å². The van der Waals surface area contributed by atoms with Crippen molar-refractivity contribution in [2.75, 3.05) is 6.61 Å². The third kappa shape index (κ3) is 4.42. The van der Waals surface area contributed by atoms with Crippen LogP contribution in [0.15, 0.2) is 12.1 Å². The Balaban J connectivity index is 0.00000169. The van der Waals surface area contributed by atoms with E-state index in [1.165, 1.54) is 9.75 Å². The molecule has 82 valence electrons. The highest BCUT2D eigenvalue weighted by molar-refractivity contribution is 7.11. The predicted molar refractivity (Wildman–Crippen MR) is 64.3 cm³/mol. The Hall–Kier alpha value is -0.0900. The molecule has 0 saturated heterocycles. The average molecular weight is 236 g/mol. The van der Waals surface area contributed by atoms with E-state index in [1.807, 2.05) is 13.8 Å². The third-order valence-corrected chi connectivity index (χ3v) is 2.93. The van der Waals surface area contributed by atoms with E-state index < -0.39 is 0 Å². The molecule has 2 nitrogen and oxygen atoms in total. The first-order valence-electron chi connectivity index (χ1n) is 4.45. The van der Waals surface area contributed by atoms with Gasteiger partial charge < -0.3 is 10.4 Å². The SMILES string of the molecule is Cc1ccc(CNC(C)(C)CO)s1.Cl. The number of thiophene rings is 1. The first-order chi connectivity index (χ1) is 6.03. The normalized spacial score (nSPS) is 11.1. The second-order valence-electron chi connectivity index (χ2n) is 3.91. The summed E-state index contributed by atoms with van der Waals surface area (Å²) in [6.07, 6.45) is 0. The lowest BCUT2D eigenvalue weighted by molar-refractivity contribution is 0.187. The van der Waals surface area contributed by atoms with Gasteiger partial charge in [-0.1, -0.05) is 0 Å². The number of aliphatic hydroxyl groups excluding tert-OH is 1. The maximum absolute atomic E-state index is 9.02. The van der Waals surface area contributed by atoms with Crippen LogP contribution < -0.4 is 5.32 Å². The minimum atomic E-state index is -0.183. The molecule has 1 rings (SSSR count). The van der Waals surface area contributed by atoms with E-state index in [2.05, 4.69) is 24.4 Å². The summed E-state index contributed by atoms with van der Waals surface area (Å²) in [6.45, 7) is 7.09. The van der Waals surface area contributed by atoms with Crippen molar-refractivity contribution in [2.45, 2.75) is 32.9 Å². The molecule has 0 fully saturated rings. The summed E-state index contributed by atoms with van der Waals surface area (Å²) in [5.74, 6) is 0. The third-order valence-electron chi connectivity index (χ3n) is 1.93. The number of hydrogen-bond donors (Lipinski definition) is 2. The molecular formula is C10H18ClNOS. The molecule has 0 amide bonds. The average Bonchev–Trinajstić information content (AvgIpc) is 2.48. The van der Waals surface area contributed by atoms with E-state index >= 15 is 0 Å². The summed E-state index contributed by atoms with van der Waals surface area (Å²) in [5, 5.41) is 12.3. The number of nitrogens with one attached hydrogen (secondary N) is 1. The van der Waals surface area contributed by atoms with Crippen molar-refractivity contribution in [1.29, 1.82) is 0 Å². The summed E-state index contributed by atoms with van der Waals surface area (Å²) in [7, 11) is 0. The monoisotopic (exact) mass is 235 g/mol. The Morgan fingerprint density at radius 3 is 2.50 bits per heavy atom. The molecule has 1 aromatic heterocycles. The highest BCUT2D eigenvalue weighted by Gasteiger charge is 2.14. The maximum atomic E-state index is 9.02. The Morgan fingerprint density at radius 2 is 2.07 bits per heavy atom. The number of halogens is 1. The van der Waals surface area contributed by atoms with Gasteiger partial charge in [-0.15, -0.1) is 23.7 Å². The molecule has 2 N–H and O–H groups in total. The minimum absolute atomic E-state index is 0. The van der Waals surface area contributed by atoms with Crippen molar-refractivity contribution in [3.05, 3.63) is 21.9 Å². The van der Waals surface area contributed by atoms with Crippen LogP contribution in [0.3, 0.4) is 0 Å². The lowest BCUT2D eigenvalue weighted by atomic mass is 10.1. The van der Waals surface area contributed by atoms with Crippen LogP contribution in [-0.4, -0.2) is 17.3 Å². The Bertz CT molecular complexity index is 273. The van der Waals surface area contributed by atoms with E-state index in [1.54, 1.807) is 11.3 Å². The van der Waals surface area contributed by atoms with Crippen molar-refractivity contribution in [1.82, 2.24) is 5.32 Å². The van der Waals surface area contributed by atoms with E-state index in [0.29, 0.717) is 0 Å². The van der Waals surface area contributed by atoms with Gasteiger partial charge in [-0.3, -0.25) is 0 Å². The highest BCUT2D eigenvalue weighted by atomic mass is 35.5. The Morgan fingerprint density at radius 1 is 1.43 bits per heavy atom. The molecule has 1 aromatic rings. The van der Waals surface area contributed by atoms with Gasteiger partial charge in [0.25, 0.3) is 0 Å². The van der Waals surface area contributed by atoms with Gasteiger partial charge in [-0.05, 0) is 32.9 Å². The van der Waals surface area contributed by atoms with Crippen LogP contribution in [0.4, 0.5) is 0 Å². The van der Waals surface area contributed by atoms with Crippen LogP contribution in [0.2, 0.25) is 0 Å². The Kier molecular flexibility index (Phi) is 5.67. The number of rotatable bonds is 4. The molecule has 0 saturated carbocycles. The second-order valence-corrected chi connectivity index (χ2v) is 5.28. The van der Waals surface area contributed by atoms with Crippen LogP contribution in [0.1, 0.15) is 23.6 Å². The van der Waals surface area contributed by atoms with Crippen LogP contribution in [0, 0.1) is 6.92 Å². The van der Waals surface area contributed by atoms with E-state index in [9.17, 15) is 0 Å². The first kappa shape index (κ1) is 13.9. The molecule has 14 heavy (non-hydrogen) atoms. The molecule has 0 radical (unpaired) electrons. The zero-order valence-electron chi connectivity index (χ0n) is 8.83. The molecule has 0 atom stereocenters. The fourth-order valence-electron chi connectivity index (χ4n) is 0.962. The van der Waals surface area contributed by atoms with E-state index in [-0.39, 0.29) is 24.6 Å². The molecule has 0 bridgehead atoms. The van der Waals surface area contributed by atoms with Crippen molar-refractivity contribution in [3.63, 3.8) is 0 Å². The largest absolute Gasteiger partial charge is 0.394 e. The van der Waals surface area contributed by atoms with Crippen LogP contribution >= 0.6 is 23.7 Å². The molecule has 4 heteroatoms. The van der Waals surface area contributed by atoms with Crippen molar-refractivity contribution >= 4 is 23.7 Å². The van der Waals surface area contributed by atoms with Gasteiger partial charge in [0.15, 0.2) is 0 Å². The summed E-state index contributed by atoms with van der Waals surface area (Å²) >= 11 is 1.79. The smallest absolute Gasteiger partial charge is 0.0607 e. The summed E-state index contributed by atoms with van der Waals surface area (Å²) < 4.78 is 0. The van der Waals surface area contributed by atoms with E-state index in [0.717, 1.165) is 6.54 Å². The molecule has 0 aromatic carbocycles. The fourth-order valence-corrected chi connectivity index (χ4v) is 1.79. The van der Waals surface area contributed by atoms with Crippen molar-refractivity contribution in [3.8, 4) is 0 Å². The summed E-state index contributed by atoms with van der Waals surface area (Å²) in [5.41, 5.74) is -0.183. The first-order valence-corrected chi connectivity index (χ1v) is 5.26. The highest BCUT2D eigenvalue weighted by Crippen LogP contribution is 2.15. The Labute approximate surface area is 95.8 Å². The minimum Gasteiger partial charge on any atom is -0.394 e. The molecule has 0 aliphatic carbocycles. The van der Waals surface area contributed by atoms with Gasteiger partial charge >= 0.3 is 0 Å².